The average Bonchev–Trinajstić information content (AvgIpc) is 2.17. The molecule has 1 heteroatoms. The summed E-state index contributed by atoms with van der Waals surface area (Å²) >= 11 is 0. The molecule has 0 heterocycles. The first-order chi connectivity index (χ1) is 7.00. The molecule has 15 heavy (non-hydrogen) atoms. The number of aliphatic hydroxyl groups is 1. The van der Waals surface area contributed by atoms with Crippen molar-refractivity contribution in [3.8, 4) is 0 Å². The fourth-order valence-electron chi connectivity index (χ4n) is 1.61. The van der Waals surface area contributed by atoms with Gasteiger partial charge in [-0.05, 0) is 23.5 Å². The molecule has 1 N–H and O–H groups in total. The minimum absolute atomic E-state index is 0.0260. The second-order valence-electron chi connectivity index (χ2n) is 4.55. The van der Waals surface area contributed by atoms with E-state index in [0.717, 1.165) is 12.0 Å². The minimum atomic E-state index is 0.0260. The summed E-state index contributed by atoms with van der Waals surface area (Å²) in [4.78, 5) is 0. The summed E-state index contributed by atoms with van der Waals surface area (Å²) in [6, 6.07) is 8.41. The lowest BCUT2D eigenvalue weighted by atomic mass is 9.96. The normalized spacial score (nSPS) is 12.8. The van der Waals surface area contributed by atoms with Gasteiger partial charge in [-0.3, -0.25) is 0 Å². The third-order valence-electron chi connectivity index (χ3n) is 2.62. The van der Waals surface area contributed by atoms with E-state index in [4.69, 9.17) is 0 Å². The maximum atomic E-state index is 9.29. The van der Waals surface area contributed by atoms with Gasteiger partial charge in [0.1, 0.15) is 0 Å². The molecule has 1 aromatic carbocycles. The number of allylic oxidation sites excluding steroid dienone is 1. The van der Waals surface area contributed by atoms with Crippen LogP contribution in [0.2, 0.25) is 0 Å². The van der Waals surface area contributed by atoms with Gasteiger partial charge in [0.05, 0.1) is 5.76 Å². The van der Waals surface area contributed by atoms with Crippen LogP contribution in [-0.2, 0) is 6.42 Å². The zero-order valence-corrected chi connectivity index (χ0v) is 9.83. The van der Waals surface area contributed by atoms with Crippen molar-refractivity contribution in [3.63, 3.8) is 0 Å². The number of aliphatic hydroxyl groups excluding tert-OH is 1. The predicted molar refractivity (Wildman–Crippen MR) is 65.2 cm³/mol. The highest BCUT2D eigenvalue weighted by Crippen LogP contribution is 2.21. The molecule has 1 rings (SSSR count). The van der Waals surface area contributed by atoms with Crippen molar-refractivity contribution in [1.29, 1.82) is 0 Å². The Hall–Kier alpha value is -1.24. The van der Waals surface area contributed by atoms with Gasteiger partial charge in [-0.1, -0.05) is 51.6 Å². The van der Waals surface area contributed by atoms with Crippen LogP contribution in [-0.4, -0.2) is 5.11 Å². The molecule has 1 aromatic rings. The van der Waals surface area contributed by atoms with Crippen molar-refractivity contribution in [2.45, 2.75) is 33.1 Å². The fourth-order valence-corrected chi connectivity index (χ4v) is 1.61. The topological polar surface area (TPSA) is 20.2 Å². The van der Waals surface area contributed by atoms with Crippen LogP contribution in [0.3, 0.4) is 0 Å². The monoisotopic (exact) mass is 204 g/mol. The van der Waals surface area contributed by atoms with Crippen LogP contribution >= 0.6 is 0 Å². The van der Waals surface area contributed by atoms with Gasteiger partial charge >= 0.3 is 0 Å². The SMILES string of the molecule is C=C(O)C(C)c1ccc(CC(C)C)cc1. The van der Waals surface area contributed by atoms with Gasteiger partial charge in [0.25, 0.3) is 0 Å². The Balaban J connectivity index is 2.76. The van der Waals surface area contributed by atoms with Gasteiger partial charge in [-0.25, -0.2) is 0 Å². The van der Waals surface area contributed by atoms with E-state index < -0.39 is 0 Å². The molecular weight excluding hydrogens is 184 g/mol. The maximum Gasteiger partial charge on any atom is 0.0922 e. The molecule has 0 aliphatic heterocycles. The number of hydrogen-bond donors (Lipinski definition) is 1. The van der Waals surface area contributed by atoms with E-state index in [1.165, 1.54) is 5.56 Å². The highest BCUT2D eigenvalue weighted by molar-refractivity contribution is 5.28. The molecule has 0 saturated carbocycles. The number of benzene rings is 1. The zero-order valence-electron chi connectivity index (χ0n) is 9.83. The molecule has 0 spiro atoms. The minimum Gasteiger partial charge on any atom is -0.512 e. The highest BCUT2D eigenvalue weighted by atomic mass is 16.3. The van der Waals surface area contributed by atoms with Crippen LogP contribution in [0.5, 0.6) is 0 Å². The van der Waals surface area contributed by atoms with Crippen molar-refractivity contribution in [3.05, 3.63) is 47.7 Å². The summed E-state index contributed by atoms with van der Waals surface area (Å²) in [6.45, 7) is 9.94. The first-order valence-electron chi connectivity index (χ1n) is 5.47. The molecule has 0 amide bonds. The van der Waals surface area contributed by atoms with E-state index in [1.54, 1.807) is 0 Å². The predicted octanol–water partition coefficient (Wildman–Crippen LogP) is 4.06. The fraction of sp³-hybridized carbons (Fsp3) is 0.429. The lowest BCUT2D eigenvalue weighted by Gasteiger charge is -2.11. The van der Waals surface area contributed by atoms with Gasteiger partial charge in [0.2, 0.25) is 0 Å². The summed E-state index contributed by atoms with van der Waals surface area (Å²) in [5.41, 5.74) is 2.47. The van der Waals surface area contributed by atoms with Crippen molar-refractivity contribution < 1.29 is 5.11 Å². The van der Waals surface area contributed by atoms with Crippen molar-refractivity contribution in [2.75, 3.05) is 0 Å². The summed E-state index contributed by atoms with van der Waals surface area (Å²) in [6.07, 6.45) is 1.11. The third kappa shape index (κ3) is 3.43. The molecule has 1 unspecified atom stereocenters. The average molecular weight is 204 g/mol. The van der Waals surface area contributed by atoms with E-state index in [2.05, 4.69) is 44.7 Å². The van der Waals surface area contributed by atoms with E-state index in [9.17, 15) is 5.11 Å². The number of rotatable bonds is 4. The van der Waals surface area contributed by atoms with Crippen molar-refractivity contribution in [2.24, 2.45) is 5.92 Å². The number of hydrogen-bond acceptors (Lipinski definition) is 1. The van der Waals surface area contributed by atoms with Crippen LogP contribution in [0.25, 0.3) is 0 Å². The Bertz CT molecular complexity index is 322. The largest absolute Gasteiger partial charge is 0.512 e. The Morgan fingerprint density at radius 3 is 2.13 bits per heavy atom. The second-order valence-corrected chi connectivity index (χ2v) is 4.55. The van der Waals surface area contributed by atoms with Crippen molar-refractivity contribution in [1.82, 2.24) is 0 Å². The molecular formula is C14H20O. The Morgan fingerprint density at radius 2 is 1.73 bits per heavy atom. The second kappa shape index (κ2) is 5.01. The first kappa shape index (κ1) is 11.8. The summed E-state index contributed by atoms with van der Waals surface area (Å²) in [5, 5.41) is 9.29. The zero-order chi connectivity index (χ0) is 11.4. The molecule has 1 atom stereocenters. The van der Waals surface area contributed by atoms with Gasteiger partial charge < -0.3 is 5.11 Å². The molecule has 1 nitrogen and oxygen atoms in total. The molecule has 0 bridgehead atoms. The molecule has 82 valence electrons. The standard InChI is InChI=1S/C14H20O/c1-10(2)9-13-5-7-14(8-6-13)11(3)12(4)15/h5-8,10-11,15H,4,9H2,1-3H3. The molecule has 0 fully saturated rings. The molecule has 0 aliphatic rings. The molecule has 0 saturated heterocycles. The van der Waals surface area contributed by atoms with Gasteiger partial charge in [-0.15, -0.1) is 0 Å². The third-order valence-corrected chi connectivity index (χ3v) is 2.62. The summed E-state index contributed by atoms with van der Waals surface area (Å²) in [5.74, 6) is 0.936. The molecule has 0 aliphatic carbocycles. The molecule has 0 aromatic heterocycles. The Labute approximate surface area is 92.5 Å². The van der Waals surface area contributed by atoms with Crippen LogP contribution in [0.15, 0.2) is 36.6 Å². The lowest BCUT2D eigenvalue weighted by molar-refractivity contribution is 0.378. The van der Waals surface area contributed by atoms with E-state index in [1.807, 2.05) is 6.92 Å². The highest BCUT2D eigenvalue weighted by Gasteiger charge is 2.07. The Morgan fingerprint density at radius 1 is 1.20 bits per heavy atom. The lowest BCUT2D eigenvalue weighted by Crippen LogP contribution is -1.98. The van der Waals surface area contributed by atoms with Crippen LogP contribution in [0.4, 0.5) is 0 Å². The van der Waals surface area contributed by atoms with E-state index in [-0.39, 0.29) is 11.7 Å². The van der Waals surface area contributed by atoms with Crippen LogP contribution in [0.1, 0.15) is 37.8 Å². The summed E-state index contributed by atoms with van der Waals surface area (Å²) in [7, 11) is 0. The van der Waals surface area contributed by atoms with Crippen molar-refractivity contribution >= 4 is 0 Å². The Kier molecular flexibility index (Phi) is 3.96. The quantitative estimate of drug-likeness (QED) is 0.733. The van der Waals surface area contributed by atoms with Gasteiger partial charge in [0.15, 0.2) is 0 Å². The van der Waals surface area contributed by atoms with Gasteiger partial charge in [-0.2, -0.15) is 0 Å². The van der Waals surface area contributed by atoms with Crippen LogP contribution in [0, 0.1) is 5.92 Å². The molecule has 0 radical (unpaired) electrons. The van der Waals surface area contributed by atoms with E-state index >= 15 is 0 Å². The summed E-state index contributed by atoms with van der Waals surface area (Å²) < 4.78 is 0. The maximum absolute atomic E-state index is 9.29. The first-order valence-corrected chi connectivity index (χ1v) is 5.47. The van der Waals surface area contributed by atoms with Crippen LogP contribution < -0.4 is 0 Å². The smallest absolute Gasteiger partial charge is 0.0922 e. The van der Waals surface area contributed by atoms with Gasteiger partial charge in [0, 0.05) is 5.92 Å². The van der Waals surface area contributed by atoms with E-state index in [0.29, 0.717) is 5.92 Å².